The molecule has 1 saturated heterocycles. The van der Waals surface area contributed by atoms with Crippen LogP contribution in [0.25, 0.3) is 16.9 Å². The molecule has 0 aliphatic carbocycles. The van der Waals surface area contributed by atoms with Crippen LogP contribution in [0.15, 0.2) is 42.1 Å². The molecular weight excluding hydrogens is 348 g/mol. The van der Waals surface area contributed by atoms with Crippen molar-refractivity contribution in [2.24, 2.45) is 5.92 Å². The maximum Gasteiger partial charge on any atom is 0.180 e. The van der Waals surface area contributed by atoms with E-state index in [0.29, 0.717) is 22.2 Å². The molecule has 1 aliphatic rings. The summed E-state index contributed by atoms with van der Waals surface area (Å²) in [7, 11) is 0. The van der Waals surface area contributed by atoms with E-state index < -0.39 is 0 Å². The average molecular weight is 368 g/mol. The number of hydrogen-bond acceptors (Lipinski definition) is 7. The molecule has 0 aromatic carbocycles. The van der Waals surface area contributed by atoms with Crippen LogP contribution in [0.3, 0.4) is 0 Å². The molecule has 0 spiro atoms. The van der Waals surface area contributed by atoms with Gasteiger partial charge in [-0.25, -0.2) is 9.97 Å². The number of anilines is 1. The summed E-state index contributed by atoms with van der Waals surface area (Å²) in [5, 5.41) is 22.2. The number of H-pyrrole nitrogens is 1. The molecule has 4 rings (SSSR count). The van der Waals surface area contributed by atoms with Crippen molar-refractivity contribution in [2.75, 3.05) is 18.4 Å². The number of allylic oxidation sites excluding steroid dienone is 1. The zero-order valence-corrected chi connectivity index (χ0v) is 15.0. The number of nitrogens with one attached hydrogen (secondary N) is 4. The lowest BCUT2D eigenvalue weighted by Gasteiger charge is -2.22. The molecule has 3 aromatic heterocycles. The van der Waals surface area contributed by atoms with E-state index in [1.807, 2.05) is 16.8 Å². The number of fused-ring (bicyclic) bond motifs is 1. The fourth-order valence-electron chi connectivity index (χ4n) is 3.17. The number of rotatable bonds is 5. The monoisotopic (exact) mass is 368 g/mol. The molecule has 26 heavy (non-hydrogen) atoms. The Morgan fingerprint density at radius 1 is 1.31 bits per heavy atom. The predicted molar refractivity (Wildman–Crippen MR) is 105 cm³/mol. The van der Waals surface area contributed by atoms with Gasteiger partial charge < -0.3 is 16.0 Å². The third-order valence-electron chi connectivity index (χ3n) is 4.54. The van der Waals surface area contributed by atoms with E-state index in [9.17, 15) is 0 Å². The molecule has 0 saturated carbocycles. The van der Waals surface area contributed by atoms with E-state index >= 15 is 0 Å². The first kappa shape index (κ1) is 16.8. The van der Waals surface area contributed by atoms with Gasteiger partial charge in [-0.15, -0.1) is 12.6 Å². The SMILES string of the molecule is N=C(/C=C(\S)Nc1nccn2c(-c3cn[nH]c3)cnc12)C1CCNCC1. The predicted octanol–water partition coefficient (Wildman–Crippen LogP) is 2.32. The highest BCUT2D eigenvalue weighted by molar-refractivity contribution is 7.84. The summed E-state index contributed by atoms with van der Waals surface area (Å²) in [4.78, 5) is 8.84. The van der Waals surface area contributed by atoms with Gasteiger partial charge in [0.1, 0.15) is 0 Å². The average Bonchev–Trinajstić information content (AvgIpc) is 3.32. The van der Waals surface area contributed by atoms with Crippen molar-refractivity contribution < 1.29 is 0 Å². The summed E-state index contributed by atoms with van der Waals surface area (Å²) in [5.41, 5.74) is 3.16. The van der Waals surface area contributed by atoms with Crippen molar-refractivity contribution >= 4 is 29.8 Å². The highest BCUT2D eigenvalue weighted by Crippen LogP contribution is 2.24. The third-order valence-corrected chi connectivity index (χ3v) is 4.78. The molecule has 0 amide bonds. The van der Waals surface area contributed by atoms with E-state index in [1.54, 1.807) is 24.7 Å². The molecule has 4 heterocycles. The van der Waals surface area contributed by atoms with Crippen LogP contribution in [0.5, 0.6) is 0 Å². The highest BCUT2D eigenvalue weighted by atomic mass is 32.1. The van der Waals surface area contributed by atoms with Crippen LogP contribution in [-0.4, -0.2) is 43.4 Å². The van der Waals surface area contributed by atoms with E-state index in [4.69, 9.17) is 5.41 Å². The van der Waals surface area contributed by atoms with Crippen molar-refractivity contribution in [3.63, 3.8) is 0 Å². The number of nitrogens with zero attached hydrogens (tertiary/aromatic N) is 4. The van der Waals surface area contributed by atoms with Crippen LogP contribution in [0.1, 0.15) is 12.8 Å². The Morgan fingerprint density at radius 2 is 2.15 bits per heavy atom. The molecule has 8 nitrogen and oxygen atoms in total. The fraction of sp³-hybridized carbons (Fsp3) is 0.294. The minimum absolute atomic E-state index is 0.281. The van der Waals surface area contributed by atoms with Crippen LogP contribution < -0.4 is 10.6 Å². The van der Waals surface area contributed by atoms with Crippen molar-refractivity contribution in [3.05, 3.63) is 42.1 Å². The van der Waals surface area contributed by atoms with Gasteiger partial charge in [0, 0.05) is 35.8 Å². The molecule has 9 heteroatoms. The van der Waals surface area contributed by atoms with Crippen molar-refractivity contribution in [3.8, 4) is 11.3 Å². The first-order valence-electron chi connectivity index (χ1n) is 8.50. The second-order valence-electron chi connectivity index (χ2n) is 6.23. The van der Waals surface area contributed by atoms with Gasteiger partial charge in [0.15, 0.2) is 11.5 Å². The lowest BCUT2D eigenvalue weighted by atomic mass is 9.93. The Morgan fingerprint density at radius 3 is 2.92 bits per heavy atom. The Labute approximate surface area is 156 Å². The van der Waals surface area contributed by atoms with Gasteiger partial charge >= 0.3 is 0 Å². The molecule has 0 bridgehead atoms. The molecule has 1 fully saturated rings. The number of aromatic amines is 1. The minimum atomic E-state index is 0.281. The lowest BCUT2D eigenvalue weighted by molar-refractivity contribution is 0.456. The van der Waals surface area contributed by atoms with Gasteiger partial charge in [-0.2, -0.15) is 5.10 Å². The maximum atomic E-state index is 8.30. The molecule has 1 aliphatic heterocycles. The summed E-state index contributed by atoms with van der Waals surface area (Å²) in [6, 6.07) is 0. The largest absolute Gasteiger partial charge is 0.332 e. The van der Waals surface area contributed by atoms with E-state index in [-0.39, 0.29) is 5.92 Å². The van der Waals surface area contributed by atoms with Crippen LogP contribution in [-0.2, 0) is 0 Å². The minimum Gasteiger partial charge on any atom is -0.332 e. The van der Waals surface area contributed by atoms with Crippen LogP contribution >= 0.6 is 12.6 Å². The van der Waals surface area contributed by atoms with Crippen LogP contribution in [0.2, 0.25) is 0 Å². The molecule has 3 aromatic rings. The van der Waals surface area contributed by atoms with Gasteiger partial charge in [0.05, 0.1) is 23.1 Å². The Kier molecular flexibility index (Phi) is 4.72. The van der Waals surface area contributed by atoms with Crippen molar-refractivity contribution in [2.45, 2.75) is 12.8 Å². The van der Waals surface area contributed by atoms with E-state index in [1.165, 1.54) is 0 Å². The number of piperidine rings is 1. The number of imidazole rings is 1. The molecule has 0 unspecified atom stereocenters. The standard InChI is InChI=1S/C17H20N8S/c18-13(11-1-3-19-4-2-11)7-15(26)24-16-17-21-10-14(12-8-22-23-9-12)25(17)6-5-20-16/h5-11,18-19,26H,1-4H2,(H,20,24)(H,22,23)/b15-7-,18-13?. The quantitative estimate of drug-likeness (QED) is 0.351. The number of aromatic nitrogens is 5. The van der Waals surface area contributed by atoms with Gasteiger partial charge in [0.25, 0.3) is 0 Å². The number of hydrogen-bond donors (Lipinski definition) is 5. The van der Waals surface area contributed by atoms with Crippen molar-refractivity contribution in [1.29, 1.82) is 5.41 Å². The summed E-state index contributed by atoms with van der Waals surface area (Å²) in [6.45, 7) is 1.92. The molecule has 0 radical (unpaired) electrons. The maximum absolute atomic E-state index is 8.30. The second-order valence-corrected chi connectivity index (χ2v) is 6.72. The summed E-state index contributed by atoms with van der Waals surface area (Å²) < 4.78 is 1.94. The van der Waals surface area contributed by atoms with Gasteiger partial charge in [-0.1, -0.05) is 0 Å². The second kappa shape index (κ2) is 7.30. The summed E-state index contributed by atoms with van der Waals surface area (Å²) in [6.07, 6.45) is 12.7. The third kappa shape index (κ3) is 3.35. The van der Waals surface area contributed by atoms with Crippen LogP contribution in [0, 0.1) is 11.3 Å². The highest BCUT2D eigenvalue weighted by Gasteiger charge is 2.17. The lowest BCUT2D eigenvalue weighted by Crippen LogP contribution is -2.31. The zero-order valence-electron chi connectivity index (χ0n) is 14.1. The molecule has 0 atom stereocenters. The topological polar surface area (TPSA) is 107 Å². The van der Waals surface area contributed by atoms with Gasteiger partial charge in [0.2, 0.25) is 0 Å². The van der Waals surface area contributed by atoms with E-state index in [0.717, 1.165) is 37.2 Å². The normalized spacial score (nSPS) is 16.1. The first-order chi connectivity index (χ1) is 12.7. The zero-order chi connectivity index (χ0) is 17.9. The molecule has 4 N–H and O–H groups in total. The Balaban J connectivity index is 1.57. The van der Waals surface area contributed by atoms with Crippen LogP contribution in [0.4, 0.5) is 5.82 Å². The Bertz CT molecular complexity index is 937. The molecule has 134 valence electrons. The smallest absolute Gasteiger partial charge is 0.180 e. The van der Waals surface area contributed by atoms with Crippen molar-refractivity contribution in [1.82, 2.24) is 29.9 Å². The fourth-order valence-corrected chi connectivity index (χ4v) is 3.41. The molecular formula is C17H20N8S. The Hall–Kier alpha value is -2.65. The van der Waals surface area contributed by atoms with E-state index in [2.05, 4.69) is 43.4 Å². The summed E-state index contributed by atoms with van der Waals surface area (Å²) >= 11 is 4.49. The van der Waals surface area contributed by atoms with Gasteiger partial charge in [-0.3, -0.25) is 9.50 Å². The number of thiol groups is 1. The first-order valence-corrected chi connectivity index (χ1v) is 8.95. The summed E-state index contributed by atoms with van der Waals surface area (Å²) in [5.74, 6) is 0.879. The van der Waals surface area contributed by atoms with Gasteiger partial charge in [-0.05, 0) is 32.0 Å².